The van der Waals surface area contributed by atoms with E-state index in [4.69, 9.17) is 13.8 Å². The van der Waals surface area contributed by atoms with Crippen LogP contribution < -0.4 is 0 Å². The monoisotopic (exact) mass is 395 g/mol. The molecule has 0 N–H and O–H groups in total. The topological polar surface area (TPSA) is 82.1 Å². The number of hydrogen-bond donors (Lipinski definition) is 0. The highest BCUT2D eigenvalue weighted by atomic mass is 32.2. The molecule has 0 unspecified atom stereocenters. The number of aryl methyl sites for hydroxylation is 3. The Morgan fingerprint density at radius 3 is 2.15 bits per heavy atom. The zero-order valence-electron chi connectivity index (χ0n) is 16.3. The largest absolute Gasteiger partial charge is 0.447 e. The summed E-state index contributed by atoms with van der Waals surface area (Å²) in [7, 11) is -2.26. The van der Waals surface area contributed by atoms with Gasteiger partial charge in [0, 0.05) is 25.9 Å². The zero-order chi connectivity index (χ0) is 20.0. The summed E-state index contributed by atoms with van der Waals surface area (Å²) < 4.78 is 35.1. The van der Waals surface area contributed by atoms with E-state index in [1.54, 1.807) is 12.2 Å². The van der Waals surface area contributed by atoms with Crippen molar-refractivity contribution in [2.45, 2.75) is 39.2 Å². The van der Waals surface area contributed by atoms with Crippen LogP contribution >= 0.6 is 0 Å². The van der Waals surface area contributed by atoms with Gasteiger partial charge in [-0.25, -0.2) is 4.79 Å². The number of nitrogens with zero attached hydrogens (tertiary/aromatic N) is 1. The molecule has 1 aromatic rings. The van der Waals surface area contributed by atoms with E-state index in [2.05, 4.69) is 0 Å². The Labute approximate surface area is 160 Å². The summed E-state index contributed by atoms with van der Waals surface area (Å²) in [5, 5.41) is 1.75. The highest BCUT2D eigenvalue weighted by Gasteiger charge is 2.53. The van der Waals surface area contributed by atoms with Crippen LogP contribution in [0.15, 0.2) is 17.9 Å². The van der Waals surface area contributed by atoms with Crippen molar-refractivity contribution in [2.75, 3.05) is 26.5 Å². The zero-order valence-corrected chi connectivity index (χ0v) is 17.1. The van der Waals surface area contributed by atoms with E-state index in [0.29, 0.717) is 31.5 Å². The summed E-state index contributed by atoms with van der Waals surface area (Å²) in [4.78, 5) is 18.1. The molecule has 2 aliphatic rings. The van der Waals surface area contributed by atoms with E-state index < -0.39 is 21.7 Å². The molecule has 0 saturated carbocycles. The van der Waals surface area contributed by atoms with Gasteiger partial charge in [-0.05, 0) is 37.5 Å². The summed E-state index contributed by atoms with van der Waals surface area (Å²) in [5.41, 5.74) is 2.61. The van der Waals surface area contributed by atoms with Gasteiger partial charge in [-0.15, -0.1) is 0 Å². The molecule has 2 heterocycles. The minimum atomic E-state index is -3.84. The Kier molecular flexibility index (Phi) is 5.09. The molecule has 1 aromatic carbocycles. The Bertz CT molecular complexity index is 887. The molecule has 0 radical (unpaired) electrons. The highest BCUT2D eigenvalue weighted by molar-refractivity contribution is 7.86. The molecule has 0 aromatic heterocycles. The lowest BCUT2D eigenvalue weighted by Gasteiger charge is -2.37. The number of carbonyl (C=O) groups is 1. The molecular weight excluding hydrogens is 370 g/mol. The first-order valence-corrected chi connectivity index (χ1v) is 10.6. The average Bonchev–Trinajstić information content (AvgIpc) is 2.78. The first kappa shape index (κ1) is 19.9. The van der Waals surface area contributed by atoms with Crippen LogP contribution in [0.4, 0.5) is 0 Å². The molecule has 8 heteroatoms. The van der Waals surface area contributed by atoms with Crippen molar-refractivity contribution in [3.8, 4) is 0 Å². The fourth-order valence-electron chi connectivity index (χ4n) is 4.01. The number of piperidine rings is 1. The van der Waals surface area contributed by atoms with Gasteiger partial charge in [0.15, 0.2) is 11.4 Å². The second-order valence-corrected chi connectivity index (χ2v) is 8.84. The first-order chi connectivity index (χ1) is 12.6. The predicted octanol–water partition coefficient (Wildman–Crippen LogP) is 2.25. The van der Waals surface area contributed by atoms with E-state index in [1.165, 1.54) is 0 Å². The number of carbonyl (C=O) groups excluding carboxylic acids is 1. The average molecular weight is 395 g/mol. The quantitative estimate of drug-likeness (QED) is 0.571. The third kappa shape index (κ3) is 3.74. The van der Waals surface area contributed by atoms with Gasteiger partial charge >= 0.3 is 16.1 Å². The molecule has 0 aliphatic carbocycles. The molecule has 1 fully saturated rings. The molecule has 1 spiro atoms. The van der Waals surface area contributed by atoms with Crippen LogP contribution in [0.2, 0.25) is 0 Å². The normalized spacial score (nSPS) is 20.3. The van der Waals surface area contributed by atoms with Gasteiger partial charge in [0.25, 0.3) is 0 Å². The highest BCUT2D eigenvalue weighted by Crippen LogP contribution is 2.46. The van der Waals surface area contributed by atoms with E-state index in [0.717, 1.165) is 22.9 Å². The third-order valence-electron chi connectivity index (χ3n) is 5.08. The van der Waals surface area contributed by atoms with Crippen molar-refractivity contribution in [1.82, 2.24) is 5.06 Å². The molecule has 148 valence electrons. The minimum absolute atomic E-state index is 0.0980. The van der Waals surface area contributed by atoms with Gasteiger partial charge in [-0.2, -0.15) is 13.5 Å². The Hall–Kier alpha value is -1.90. The lowest BCUT2D eigenvalue weighted by Crippen LogP contribution is -2.46. The minimum Gasteiger partial charge on any atom is -0.447 e. The van der Waals surface area contributed by atoms with Gasteiger partial charge in [0.1, 0.15) is 5.57 Å². The standard InChI is InChI=1S/C19H25NO6S/c1-12-10-13(2)15(14(3)11-12)16-17(26-27(5,22)23)19(25-18(16)21)6-8-20(24-4)9-7-19/h10-11H,6-9H2,1-5H3. The van der Waals surface area contributed by atoms with Gasteiger partial charge in [0.05, 0.1) is 13.4 Å². The predicted molar refractivity (Wildman–Crippen MR) is 100 cm³/mol. The Morgan fingerprint density at radius 1 is 1.11 bits per heavy atom. The third-order valence-corrected chi connectivity index (χ3v) is 5.55. The van der Waals surface area contributed by atoms with Crippen LogP contribution in [-0.2, 0) is 28.7 Å². The van der Waals surface area contributed by atoms with Crippen molar-refractivity contribution in [3.05, 3.63) is 40.1 Å². The molecule has 27 heavy (non-hydrogen) atoms. The molecule has 2 aliphatic heterocycles. The summed E-state index contributed by atoms with van der Waals surface area (Å²) in [6, 6.07) is 3.92. The van der Waals surface area contributed by atoms with Crippen molar-refractivity contribution < 1.29 is 27.0 Å². The fraction of sp³-hybridized carbons (Fsp3) is 0.526. The van der Waals surface area contributed by atoms with Gasteiger partial charge in [0.2, 0.25) is 0 Å². The number of hydrogen-bond acceptors (Lipinski definition) is 7. The molecule has 0 amide bonds. The smallest absolute Gasteiger partial charge is 0.343 e. The lowest BCUT2D eigenvalue weighted by atomic mass is 9.86. The van der Waals surface area contributed by atoms with E-state index in [1.807, 2.05) is 32.9 Å². The summed E-state index contributed by atoms with van der Waals surface area (Å²) in [6.07, 6.45) is 1.77. The van der Waals surface area contributed by atoms with Gasteiger partial charge < -0.3 is 13.8 Å². The number of rotatable bonds is 4. The Morgan fingerprint density at radius 2 is 1.67 bits per heavy atom. The van der Waals surface area contributed by atoms with Crippen LogP contribution in [-0.4, -0.2) is 51.5 Å². The van der Waals surface area contributed by atoms with Crippen molar-refractivity contribution >= 4 is 21.7 Å². The second kappa shape index (κ2) is 6.92. The molecule has 0 bridgehead atoms. The van der Waals surface area contributed by atoms with Gasteiger partial charge in [-0.1, -0.05) is 17.7 Å². The molecule has 7 nitrogen and oxygen atoms in total. The molecule has 3 rings (SSSR count). The number of esters is 1. The van der Waals surface area contributed by atoms with E-state index in [-0.39, 0.29) is 11.3 Å². The SMILES string of the molecule is CON1CCC2(CC1)OC(=O)C(c1c(C)cc(C)cc1C)=C2OS(C)(=O)=O. The number of benzene rings is 1. The molecule has 0 atom stereocenters. The summed E-state index contributed by atoms with van der Waals surface area (Å²) >= 11 is 0. The Balaban J connectivity index is 2.19. The van der Waals surface area contributed by atoms with Crippen LogP contribution in [0.25, 0.3) is 5.57 Å². The van der Waals surface area contributed by atoms with Crippen molar-refractivity contribution in [2.24, 2.45) is 0 Å². The second-order valence-electron chi connectivity index (χ2n) is 7.26. The van der Waals surface area contributed by atoms with E-state index >= 15 is 0 Å². The number of ether oxygens (including phenoxy) is 1. The van der Waals surface area contributed by atoms with Crippen LogP contribution in [0.1, 0.15) is 35.1 Å². The van der Waals surface area contributed by atoms with Crippen LogP contribution in [0, 0.1) is 20.8 Å². The van der Waals surface area contributed by atoms with E-state index in [9.17, 15) is 13.2 Å². The maximum absolute atomic E-state index is 12.9. The molecule has 1 saturated heterocycles. The number of hydroxylamine groups is 2. The fourth-order valence-corrected chi connectivity index (χ4v) is 4.55. The summed E-state index contributed by atoms with van der Waals surface area (Å²) in [6.45, 7) is 6.76. The summed E-state index contributed by atoms with van der Waals surface area (Å²) in [5.74, 6) is -0.449. The van der Waals surface area contributed by atoms with Crippen molar-refractivity contribution in [3.63, 3.8) is 0 Å². The van der Waals surface area contributed by atoms with Crippen LogP contribution in [0.3, 0.4) is 0 Å². The maximum Gasteiger partial charge on any atom is 0.343 e. The molecular formula is C19H25NO6S. The van der Waals surface area contributed by atoms with Crippen LogP contribution in [0.5, 0.6) is 0 Å². The van der Waals surface area contributed by atoms with Gasteiger partial charge in [-0.3, -0.25) is 0 Å². The maximum atomic E-state index is 12.9. The van der Waals surface area contributed by atoms with Crippen molar-refractivity contribution in [1.29, 1.82) is 0 Å². The first-order valence-electron chi connectivity index (χ1n) is 8.81. The lowest BCUT2D eigenvalue weighted by molar-refractivity contribution is -0.181.